The number of carbonyl (C=O) groups is 1. The van der Waals surface area contributed by atoms with E-state index in [-0.39, 0.29) is 11.5 Å². The van der Waals surface area contributed by atoms with Crippen molar-refractivity contribution in [3.63, 3.8) is 0 Å². The lowest BCUT2D eigenvalue weighted by Crippen LogP contribution is -2.22. The van der Waals surface area contributed by atoms with Gasteiger partial charge in [0.05, 0.1) is 11.6 Å². The SMILES string of the molecule is O=CN[C@@H](c1ccc(C(F)(F)F)cc1F)C1CC1. The average Bonchev–Trinajstić information content (AvgIpc) is 3.09. The third-order valence-corrected chi connectivity index (χ3v) is 3.00. The molecule has 1 aliphatic carbocycles. The third-order valence-electron chi connectivity index (χ3n) is 3.00. The molecule has 6 heteroatoms. The molecular formula is C12H11F4NO. The highest BCUT2D eigenvalue weighted by Gasteiger charge is 2.36. The lowest BCUT2D eigenvalue weighted by atomic mass is 10.00. The number of alkyl halides is 3. The van der Waals surface area contributed by atoms with Gasteiger partial charge in [0.2, 0.25) is 6.41 Å². The number of halogens is 4. The highest BCUT2D eigenvalue weighted by molar-refractivity contribution is 5.48. The van der Waals surface area contributed by atoms with E-state index in [9.17, 15) is 22.4 Å². The van der Waals surface area contributed by atoms with Gasteiger partial charge in [-0.05, 0) is 30.9 Å². The summed E-state index contributed by atoms with van der Waals surface area (Å²) in [7, 11) is 0. The van der Waals surface area contributed by atoms with Crippen molar-refractivity contribution in [1.29, 1.82) is 0 Å². The van der Waals surface area contributed by atoms with E-state index in [2.05, 4.69) is 5.32 Å². The van der Waals surface area contributed by atoms with Crippen LogP contribution in [0, 0.1) is 11.7 Å². The molecule has 1 aromatic rings. The summed E-state index contributed by atoms with van der Waals surface area (Å²) in [6.07, 6.45) is -2.44. The van der Waals surface area contributed by atoms with E-state index in [1.54, 1.807) is 0 Å². The van der Waals surface area contributed by atoms with Gasteiger partial charge in [0, 0.05) is 5.56 Å². The molecule has 2 rings (SSSR count). The quantitative estimate of drug-likeness (QED) is 0.655. The molecule has 0 radical (unpaired) electrons. The maximum absolute atomic E-state index is 13.7. The molecule has 1 N–H and O–H groups in total. The van der Waals surface area contributed by atoms with Gasteiger partial charge >= 0.3 is 6.18 Å². The predicted octanol–water partition coefficient (Wildman–Crippen LogP) is 3.04. The standard InChI is InChI=1S/C12H11F4NO/c13-10-5-8(12(14,15)16)3-4-9(10)11(17-6-18)7-1-2-7/h3-7,11H,1-2H2,(H,17,18)/t11-/m1/s1. The van der Waals surface area contributed by atoms with Crippen molar-refractivity contribution in [2.45, 2.75) is 25.1 Å². The summed E-state index contributed by atoms with van der Waals surface area (Å²) in [5, 5.41) is 2.46. The van der Waals surface area contributed by atoms with E-state index < -0.39 is 23.6 Å². The van der Waals surface area contributed by atoms with Crippen molar-refractivity contribution in [1.82, 2.24) is 5.32 Å². The van der Waals surface area contributed by atoms with Crippen LogP contribution in [0.15, 0.2) is 18.2 Å². The van der Waals surface area contributed by atoms with Gasteiger partial charge in [-0.3, -0.25) is 4.79 Å². The first-order valence-corrected chi connectivity index (χ1v) is 5.50. The van der Waals surface area contributed by atoms with Gasteiger partial charge in [-0.15, -0.1) is 0 Å². The number of nitrogens with one attached hydrogen (secondary N) is 1. The summed E-state index contributed by atoms with van der Waals surface area (Å²) in [5.41, 5.74) is -0.915. The predicted molar refractivity (Wildman–Crippen MR) is 56.1 cm³/mol. The summed E-state index contributed by atoms with van der Waals surface area (Å²) in [6, 6.07) is 1.86. The summed E-state index contributed by atoms with van der Waals surface area (Å²) in [5.74, 6) is -0.822. The first-order valence-electron chi connectivity index (χ1n) is 5.50. The zero-order valence-corrected chi connectivity index (χ0v) is 9.30. The van der Waals surface area contributed by atoms with Crippen LogP contribution in [-0.4, -0.2) is 6.41 Å². The number of amides is 1. The number of rotatable bonds is 4. The Labute approximate surface area is 101 Å². The van der Waals surface area contributed by atoms with Crippen LogP contribution in [0.3, 0.4) is 0 Å². The van der Waals surface area contributed by atoms with Crippen molar-refractivity contribution in [2.24, 2.45) is 5.92 Å². The minimum Gasteiger partial charge on any atom is -0.351 e. The van der Waals surface area contributed by atoms with Gasteiger partial charge in [0.25, 0.3) is 0 Å². The fourth-order valence-corrected chi connectivity index (χ4v) is 1.94. The minimum atomic E-state index is -4.56. The van der Waals surface area contributed by atoms with Crippen molar-refractivity contribution >= 4 is 6.41 Å². The largest absolute Gasteiger partial charge is 0.416 e. The van der Waals surface area contributed by atoms with E-state index in [1.165, 1.54) is 0 Å². The van der Waals surface area contributed by atoms with Gasteiger partial charge < -0.3 is 5.32 Å². The van der Waals surface area contributed by atoms with Gasteiger partial charge in [-0.2, -0.15) is 13.2 Å². The Hall–Kier alpha value is -1.59. The number of benzene rings is 1. The monoisotopic (exact) mass is 261 g/mol. The van der Waals surface area contributed by atoms with Gasteiger partial charge in [-0.1, -0.05) is 6.07 Å². The zero-order valence-electron chi connectivity index (χ0n) is 9.30. The second kappa shape index (κ2) is 4.59. The first-order chi connectivity index (χ1) is 8.43. The van der Waals surface area contributed by atoms with Crippen molar-refractivity contribution in [3.05, 3.63) is 35.1 Å². The van der Waals surface area contributed by atoms with Gasteiger partial charge in [0.1, 0.15) is 5.82 Å². The molecule has 1 aromatic carbocycles. The maximum Gasteiger partial charge on any atom is 0.416 e. The van der Waals surface area contributed by atoms with Gasteiger partial charge in [0.15, 0.2) is 0 Å². The van der Waals surface area contributed by atoms with Crippen molar-refractivity contribution in [2.75, 3.05) is 0 Å². The van der Waals surface area contributed by atoms with Crippen LogP contribution in [0.4, 0.5) is 17.6 Å². The molecule has 0 spiro atoms. The Balaban J connectivity index is 2.30. The Morgan fingerprint density at radius 3 is 2.44 bits per heavy atom. The minimum absolute atomic E-state index is 0.109. The maximum atomic E-state index is 13.7. The van der Waals surface area contributed by atoms with E-state index >= 15 is 0 Å². The van der Waals surface area contributed by atoms with E-state index in [0.717, 1.165) is 25.0 Å². The Morgan fingerprint density at radius 2 is 2.00 bits per heavy atom. The first kappa shape index (κ1) is 12.9. The summed E-state index contributed by atoms with van der Waals surface area (Å²) in [6.45, 7) is 0. The molecule has 98 valence electrons. The summed E-state index contributed by atoms with van der Waals surface area (Å²) in [4.78, 5) is 10.4. The topological polar surface area (TPSA) is 29.1 Å². The molecule has 0 saturated heterocycles. The summed E-state index contributed by atoms with van der Waals surface area (Å²) < 4.78 is 50.8. The summed E-state index contributed by atoms with van der Waals surface area (Å²) >= 11 is 0. The highest BCUT2D eigenvalue weighted by atomic mass is 19.4. The number of hydrogen-bond acceptors (Lipinski definition) is 1. The van der Waals surface area contributed by atoms with Crippen LogP contribution in [0.5, 0.6) is 0 Å². The molecule has 2 nitrogen and oxygen atoms in total. The van der Waals surface area contributed by atoms with Crippen LogP contribution in [0.25, 0.3) is 0 Å². The van der Waals surface area contributed by atoms with E-state index in [4.69, 9.17) is 0 Å². The molecule has 0 heterocycles. The second-order valence-corrected chi connectivity index (χ2v) is 4.33. The van der Waals surface area contributed by atoms with Crippen molar-refractivity contribution < 1.29 is 22.4 Å². The normalized spacial score (nSPS) is 17.3. The van der Waals surface area contributed by atoms with Crippen LogP contribution in [-0.2, 0) is 11.0 Å². The van der Waals surface area contributed by atoms with E-state index in [0.29, 0.717) is 12.5 Å². The Kier molecular flexibility index (Phi) is 3.28. The lowest BCUT2D eigenvalue weighted by molar-refractivity contribution is -0.137. The van der Waals surface area contributed by atoms with Crippen LogP contribution >= 0.6 is 0 Å². The molecule has 1 aliphatic rings. The molecule has 1 atom stereocenters. The highest BCUT2D eigenvalue weighted by Crippen LogP contribution is 2.42. The fraction of sp³-hybridized carbons (Fsp3) is 0.417. The molecule has 1 amide bonds. The fourth-order valence-electron chi connectivity index (χ4n) is 1.94. The zero-order chi connectivity index (χ0) is 13.3. The second-order valence-electron chi connectivity index (χ2n) is 4.33. The third kappa shape index (κ3) is 2.63. The molecular weight excluding hydrogens is 250 g/mol. The van der Waals surface area contributed by atoms with Crippen LogP contribution < -0.4 is 5.32 Å². The van der Waals surface area contributed by atoms with Crippen molar-refractivity contribution in [3.8, 4) is 0 Å². The molecule has 0 bridgehead atoms. The molecule has 0 aromatic heterocycles. The Morgan fingerprint density at radius 1 is 1.33 bits per heavy atom. The van der Waals surface area contributed by atoms with Crippen LogP contribution in [0.2, 0.25) is 0 Å². The molecule has 0 unspecified atom stereocenters. The smallest absolute Gasteiger partial charge is 0.351 e. The Bertz CT molecular complexity index is 454. The average molecular weight is 261 g/mol. The van der Waals surface area contributed by atoms with Gasteiger partial charge in [-0.25, -0.2) is 4.39 Å². The molecule has 18 heavy (non-hydrogen) atoms. The molecule has 1 saturated carbocycles. The molecule has 0 aliphatic heterocycles. The molecule has 1 fully saturated rings. The lowest BCUT2D eigenvalue weighted by Gasteiger charge is -2.17. The van der Waals surface area contributed by atoms with Crippen LogP contribution in [0.1, 0.15) is 30.0 Å². The number of hydrogen-bond donors (Lipinski definition) is 1. The van der Waals surface area contributed by atoms with E-state index in [1.807, 2.05) is 0 Å². The number of carbonyl (C=O) groups excluding carboxylic acids is 1.